The van der Waals surface area contributed by atoms with E-state index >= 15 is 4.39 Å². The fourth-order valence-electron chi connectivity index (χ4n) is 6.86. The minimum atomic E-state index is -3.53. The molecular weight excluding hydrogens is 655 g/mol. The van der Waals surface area contributed by atoms with Crippen LogP contribution in [0.5, 0.6) is 6.01 Å². The summed E-state index contributed by atoms with van der Waals surface area (Å²) in [6, 6.07) is 11.1. The first-order valence-electron chi connectivity index (χ1n) is 16.3. The molecule has 0 radical (unpaired) electrons. The predicted molar refractivity (Wildman–Crippen MR) is 189 cm³/mol. The van der Waals surface area contributed by atoms with Crippen LogP contribution in [-0.4, -0.2) is 112 Å². The lowest BCUT2D eigenvalue weighted by Gasteiger charge is -2.31. The minimum absolute atomic E-state index is 0.0463. The molecule has 4 heterocycles. The monoisotopic (exact) mass is 696 g/mol. The Bertz CT molecular complexity index is 1910. The second-order valence-electron chi connectivity index (χ2n) is 12.8. The highest BCUT2D eigenvalue weighted by atomic mass is 35.5. The maximum atomic E-state index is 16.7. The molecule has 48 heavy (non-hydrogen) atoms. The Morgan fingerprint density at radius 1 is 1.08 bits per heavy atom. The zero-order chi connectivity index (χ0) is 33.9. The maximum absolute atomic E-state index is 16.7. The highest BCUT2D eigenvalue weighted by Crippen LogP contribution is 2.40. The second-order valence-corrected chi connectivity index (χ2v) is 15.2. The van der Waals surface area contributed by atoms with Gasteiger partial charge in [-0.15, -0.1) is 0 Å². The molecule has 0 amide bonds. The third-order valence-electron chi connectivity index (χ3n) is 9.50. The van der Waals surface area contributed by atoms with Crippen LogP contribution in [0.1, 0.15) is 25.7 Å². The number of sulfone groups is 1. The molecule has 4 aromatic rings. The highest BCUT2D eigenvalue weighted by Gasteiger charge is 2.45. The maximum Gasteiger partial charge on any atom is 0.319 e. The third kappa shape index (κ3) is 7.28. The first kappa shape index (κ1) is 34.4. The van der Waals surface area contributed by atoms with E-state index in [1.807, 2.05) is 36.2 Å². The lowest BCUT2D eigenvalue weighted by Crippen LogP contribution is -2.43. The Labute approximate surface area is 286 Å². The third-order valence-corrected chi connectivity index (χ3v) is 11.2. The summed E-state index contributed by atoms with van der Waals surface area (Å²) in [5.74, 6) is -0.449. The molecule has 2 aromatic heterocycles. The van der Waals surface area contributed by atoms with Crippen molar-refractivity contribution < 1.29 is 22.3 Å². The Morgan fingerprint density at radius 2 is 1.83 bits per heavy atom. The van der Waals surface area contributed by atoms with Crippen LogP contribution < -0.4 is 9.64 Å². The number of hydrogen-bond acceptors (Lipinski definition) is 10. The molecular formula is C35H42ClFN6O4S. The lowest BCUT2D eigenvalue weighted by molar-refractivity contribution is 0.108. The summed E-state index contributed by atoms with van der Waals surface area (Å²) in [4.78, 5) is 20.0. The van der Waals surface area contributed by atoms with Crippen molar-refractivity contribution in [3.05, 3.63) is 64.9 Å². The van der Waals surface area contributed by atoms with Crippen molar-refractivity contribution in [3.8, 4) is 17.3 Å². The van der Waals surface area contributed by atoms with Crippen molar-refractivity contribution in [1.29, 1.82) is 0 Å². The van der Waals surface area contributed by atoms with Crippen LogP contribution >= 0.6 is 11.6 Å². The van der Waals surface area contributed by atoms with Crippen molar-refractivity contribution in [1.82, 2.24) is 24.8 Å². The predicted octanol–water partition coefficient (Wildman–Crippen LogP) is 5.59. The second kappa shape index (κ2) is 14.6. The van der Waals surface area contributed by atoms with E-state index in [0.29, 0.717) is 53.5 Å². The average molecular weight is 697 g/mol. The fourth-order valence-corrected chi connectivity index (χ4v) is 8.19. The van der Waals surface area contributed by atoms with Crippen molar-refractivity contribution in [2.75, 3.05) is 77.8 Å². The first-order chi connectivity index (χ1) is 23.1. The smallest absolute Gasteiger partial charge is 0.319 e. The Kier molecular flexibility index (Phi) is 10.5. The molecule has 2 aromatic carbocycles. The molecule has 10 nitrogen and oxygen atoms in total. The van der Waals surface area contributed by atoms with Crippen molar-refractivity contribution in [2.24, 2.45) is 0 Å². The van der Waals surface area contributed by atoms with Gasteiger partial charge in [0, 0.05) is 61.4 Å². The number of halogens is 2. The Balaban J connectivity index is 1.33. The zero-order valence-electron chi connectivity index (χ0n) is 27.7. The van der Waals surface area contributed by atoms with E-state index in [1.165, 1.54) is 11.6 Å². The van der Waals surface area contributed by atoms with Gasteiger partial charge in [0.25, 0.3) is 0 Å². The summed E-state index contributed by atoms with van der Waals surface area (Å²) in [5, 5.41) is 3.65. The normalized spacial score (nSPS) is 16.5. The van der Waals surface area contributed by atoms with Crippen LogP contribution in [0, 0.1) is 5.82 Å². The van der Waals surface area contributed by atoms with Gasteiger partial charge in [0.1, 0.15) is 23.6 Å². The fraction of sp³-hybridized carbons (Fsp3) is 0.457. The van der Waals surface area contributed by atoms with E-state index in [4.69, 9.17) is 26.1 Å². The van der Waals surface area contributed by atoms with E-state index in [9.17, 15) is 8.42 Å². The van der Waals surface area contributed by atoms with Gasteiger partial charge in [-0.1, -0.05) is 48.0 Å². The van der Waals surface area contributed by atoms with Gasteiger partial charge in [-0.05, 0) is 57.3 Å². The summed E-state index contributed by atoms with van der Waals surface area (Å²) in [7, 11) is 1.72. The standard InChI is InChI=1S/C35H42ClFN6O4S/c1-41(18-20-46-3)15-8-21-48(44,45)22-19-42(2)33-27-23-38-31(26-11-4-9-25-10-5-12-28(36)29(25)26)30(37)32(27)39-34(40-33)47-24-35-13-6-16-43(35)17-7-14-35/h4-5,8-12,21,23H,6-7,13-20,22,24H2,1-3H3/b21-8+. The van der Waals surface area contributed by atoms with Crippen LogP contribution in [0.2, 0.25) is 5.02 Å². The van der Waals surface area contributed by atoms with Crippen LogP contribution in [0.4, 0.5) is 10.2 Å². The van der Waals surface area contributed by atoms with E-state index in [1.54, 1.807) is 37.3 Å². The van der Waals surface area contributed by atoms with Gasteiger partial charge in [0.2, 0.25) is 0 Å². The SMILES string of the molecule is COCCN(C)C/C=C/S(=O)(=O)CCN(C)c1nc(OCC23CCCN2CCC3)nc2c(F)c(-c3cccc4cccc(Cl)c34)ncc12. The molecule has 2 fully saturated rings. The summed E-state index contributed by atoms with van der Waals surface area (Å²) in [6.45, 7) is 4.32. The van der Waals surface area contributed by atoms with Gasteiger partial charge >= 0.3 is 6.01 Å². The zero-order valence-corrected chi connectivity index (χ0v) is 29.2. The number of fused-ring (bicyclic) bond motifs is 3. The van der Waals surface area contributed by atoms with E-state index in [-0.39, 0.29) is 35.1 Å². The molecule has 2 saturated heterocycles. The number of benzene rings is 2. The molecule has 13 heteroatoms. The molecule has 6 rings (SSSR count). The summed E-state index contributed by atoms with van der Waals surface area (Å²) in [5.41, 5.74) is 0.638. The minimum Gasteiger partial charge on any atom is -0.461 e. The Hall–Kier alpha value is -3.42. The van der Waals surface area contributed by atoms with Gasteiger partial charge < -0.3 is 19.3 Å². The average Bonchev–Trinajstić information content (AvgIpc) is 3.66. The molecule has 0 atom stereocenters. The molecule has 0 bridgehead atoms. The summed E-state index contributed by atoms with van der Waals surface area (Å²) in [6.07, 6.45) is 7.46. The van der Waals surface area contributed by atoms with Crippen molar-refractivity contribution in [2.45, 2.75) is 31.2 Å². The number of ether oxygens (including phenoxy) is 2. The number of rotatable bonds is 14. The molecule has 0 saturated carbocycles. The number of hydrogen-bond donors (Lipinski definition) is 0. The van der Waals surface area contributed by atoms with Crippen LogP contribution in [-0.2, 0) is 14.6 Å². The number of methoxy groups -OCH3 is 1. The largest absolute Gasteiger partial charge is 0.461 e. The van der Waals surface area contributed by atoms with E-state index < -0.39 is 15.7 Å². The van der Waals surface area contributed by atoms with Crippen LogP contribution in [0.15, 0.2) is 54.1 Å². The number of aromatic nitrogens is 3. The van der Waals surface area contributed by atoms with Crippen molar-refractivity contribution >= 4 is 48.9 Å². The Morgan fingerprint density at radius 3 is 2.58 bits per heavy atom. The first-order valence-corrected chi connectivity index (χ1v) is 18.4. The molecule has 2 aliphatic rings. The van der Waals surface area contributed by atoms with Crippen LogP contribution in [0.25, 0.3) is 32.9 Å². The molecule has 0 unspecified atom stereocenters. The van der Waals surface area contributed by atoms with Crippen LogP contribution in [0.3, 0.4) is 0 Å². The van der Waals surface area contributed by atoms with Gasteiger partial charge in [-0.2, -0.15) is 9.97 Å². The lowest BCUT2D eigenvalue weighted by atomic mass is 9.95. The van der Waals surface area contributed by atoms with E-state index in [0.717, 1.165) is 44.2 Å². The number of nitrogens with zero attached hydrogens (tertiary/aromatic N) is 6. The van der Waals surface area contributed by atoms with Crippen molar-refractivity contribution in [3.63, 3.8) is 0 Å². The number of pyridine rings is 1. The molecule has 0 N–H and O–H groups in total. The molecule has 0 aliphatic carbocycles. The highest BCUT2D eigenvalue weighted by molar-refractivity contribution is 7.94. The number of likely N-dealkylation sites (N-methyl/N-ethyl adjacent to an activating group) is 1. The van der Waals surface area contributed by atoms with Gasteiger partial charge in [-0.25, -0.2) is 12.8 Å². The summed E-state index contributed by atoms with van der Waals surface area (Å²) < 4.78 is 53.9. The quantitative estimate of drug-likeness (QED) is 0.166. The molecule has 0 spiro atoms. The topological polar surface area (TPSA) is 101 Å². The number of anilines is 1. The summed E-state index contributed by atoms with van der Waals surface area (Å²) >= 11 is 6.59. The van der Waals surface area contributed by atoms with Gasteiger partial charge in [0.15, 0.2) is 15.7 Å². The van der Waals surface area contributed by atoms with E-state index in [2.05, 4.69) is 14.9 Å². The molecule has 2 aliphatic heterocycles. The molecule has 256 valence electrons. The van der Waals surface area contributed by atoms with Gasteiger partial charge in [0.05, 0.1) is 23.3 Å². The van der Waals surface area contributed by atoms with Gasteiger partial charge in [-0.3, -0.25) is 9.88 Å².